The number of aromatic nitrogens is 2. The number of carboxylic acid groups (broad SMARTS) is 1. The zero-order valence-corrected chi connectivity index (χ0v) is 17.9. The Hall–Kier alpha value is -3.20. The molecular formula is C23H25F2N3O4. The van der Waals surface area contributed by atoms with Crippen molar-refractivity contribution in [3.63, 3.8) is 0 Å². The fraction of sp³-hybridized carbons (Fsp3) is 0.391. The second-order valence-electron chi connectivity index (χ2n) is 8.29. The summed E-state index contributed by atoms with van der Waals surface area (Å²) in [7, 11) is 1.92. The van der Waals surface area contributed by atoms with Crippen molar-refractivity contribution in [3.8, 4) is 17.0 Å². The molecule has 1 saturated heterocycles. The van der Waals surface area contributed by atoms with Gasteiger partial charge in [0.05, 0.1) is 5.69 Å². The van der Waals surface area contributed by atoms with Crippen LogP contribution in [0.1, 0.15) is 41.4 Å². The number of likely N-dealkylation sites (tertiary alicyclic amines) is 1. The summed E-state index contributed by atoms with van der Waals surface area (Å²) in [6.45, 7) is 3.01. The molecule has 0 saturated carbocycles. The van der Waals surface area contributed by atoms with E-state index in [9.17, 15) is 28.6 Å². The molecule has 1 aliphatic heterocycles. The summed E-state index contributed by atoms with van der Waals surface area (Å²) in [5.74, 6) is -4.59. The number of benzene rings is 1. The van der Waals surface area contributed by atoms with Crippen molar-refractivity contribution >= 4 is 16.9 Å². The van der Waals surface area contributed by atoms with Crippen molar-refractivity contribution in [2.75, 3.05) is 13.1 Å². The third-order valence-corrected chi connectivity index (χ3v) is 6.26. The second-order valence-corrected chi connectivity index (χ2v) is 8.29. The number of pyridine rings is 1. The normalized spacial score (nSPS) is 16.5. The molecule has 4 rings (SSSR count). The summed E-state index contributed by atoms with van der Waals surface area (Å²) < 4.78 is 28.9. The Morgan fingerprint density at radius 2 is 1.91 bits per heavy atom. The number of aromatic hydroxyl groups is 1. The number of nitrogens with zero attached hydrogens (tertiary/aromatic N) is 2. The van der Waals surface area contributed by atoms with Gasteiger partial charge in [0.2, 0.25) is 0 Å². The van der Waals surface area contributed by atoms with Crippen LogP contribution in [-0.4, -0.2) is 49.6 Å². The van der Waals surface area contributed by atoms with Crippen LogP contribution in [0.25, 0.3) is 22.2 Å². The van der Waals surface area contributed by atoms with Gasteiger partial charge in [0, 0.05) is 61.7 Å². The maximum Gasteiger partial charge on any atom is 0.345 e. The third-order valence-electron chi connectivity index (χ3n) is 6.26. The molecule has 3 heterocycles. The lowest BCUT2D eigenvalue weighted by molar-refractivity contribution is -0.0569. The van der Waals surface area contributed by atoms with Crippen LogP contribution in [0.4, 0.5) is 8.78 Å². The molecule has 1 aromatic carbocycles. The van der Waals surface area contributed by atoms with E-state index in [2.05, 4.69) is 4.98 Å². The van der Waals surface area contributed by atoms with E-state index in [-0.39, 0.29) is 12.8 Å². The number of fused-ring (bicyclic) bond motifs is 1. The number of hydrogen-bond donors (Lipinski definition) is 3. The number of aromatic carboxylic acids is 1. The van der Waals surface area contributed by atoms with Gasteiger partial charge in [-0.3, -0.25) is 9.69 Å². The standard InChI is InChI=1S/C23H25F2N3O4/c1-3-16-19(26-21(30)18(20(16)29)22(31)32)13-4-5-17-14(10-13)11-15(27(17)2)12-28-8-6-23(24,25)7-9-28/h4-5,10-11H,3,6-9,12H2,1-2H3,(H,31,32)(H2,26,29,30). The van der Waals surface area contributed by atoms with Gasteiger partial charge in [0.15, 0.2) is 5.56 Å². The highest BCUT2D eigenvalue weighted by Gasteiger charge is 2.34. The Kier molecular flexibility index (Phi) is 5.54. The molecule has 1 fully saturated rings. The van der Waals surface area contributed by atoms with Crippen molar-refractivity contribution in [1.29, 1.82) is 0 Å². The Labute approximate surface area is 182 Å². The second kappa shape index (κ2) is 8.05. The molecule has 170 valence electrons. The summed E-state index contributed by atoms with van der Waals surface area (Å²) in [6.07, 6.45) is 0.0596. The Morgan fingerprint density at radius 1 is 1.22 bits per heavy atom. The van der Waals surface area contributed by atoms with Crippen molar-refractivity contribution in [3.05, 3.63) is 51.4 Å². The SMILES string of the molecule is CCc1c(-c2ccc3c(c2)cc(CN2CCC(F)(F)CC2)n3C)[nH]c(=O)c(C(=O)O)c1O. The molecule has 32 heavy (non-hydrogen) atoms. The first-order valence-electron chi connectivity index (χ1n) is 10.5. The molecule has 0 radical (unpaired) electrons. The van der Waals surface area contributed by atoms with Gasteiger partial charge < -0.3 is 19.8 Å². The highest BCUT2D eigenvalue weighted by Crippen LogP contribution is 2.33. The molecule has 9 heteroatoms. The summed E-state index contributed by atoms with van der Waals surface area (Å²) in [6, 6.07) is 7.55. The maximum atomic E-state index is 13.4. The highest BCUT2D eigenvalue weighted by molar-refractivity contribution is 5.92. The van der Waals surface area contributed by atoms with E-state index in [0.717, 1.165) is 16.6 Å². The lowest BCUT2D eigenvalue weighted by Gasteiger charge is -2.31. The number of carboxylic acids is 1. The van der Waals surface area contributed by atoms with Gasteiger partial charge in [-0.25, -0.2) is 13.6 Å². The van der Waals surface area contributed by atoms with Gasteiger partial charge in [-0.2, -0.15) is 0 Å². The van der Waals surface area contributed by atoms with Crippen molar-refractivity contribution in [1.82, 2.24) is 14.5 Å². The maximum absolute atomic E-state index is 13.4. The zero-order chi connectivity index (χ0) is 23.2. The number of alkyl halides is 2. The van der Waals surface area contributed by atoms with Gasteiger partial charge in [0.1, 0.15) is 5.75 Å². The first kappa shape index (κ1) is 22.0. The monoisotopic (exact) mass is 445 g/mol. The average Bonchev–Trinajstić information content (AvgIpc) is 3.03. The van der Waals surface area contributed by atoms with Crippen molar-refractivity contribution in [2.24, 2.45) is 7.05 Å². The Bertz CT molecular complexity index is 1250. The minimum atomic E-state index is -2.58. The average molecular weight is 445 g/mol. The summed E-state index contributed by atoms with van der Waals surface area (Å²) in [5.41, 5.74) is 1.78. The van der Waals surface area contributed by atoms with Crippen LogP contribution in [0.5, 0.6) is 5.75 Å². The molecular weight excluding hydrogens is 420 g/mol. The van der Waals surface area contributed by atoms with Crippen LogP contribution < -0.4 is 5.56 Å². The number of aromatic amines is 1. The third kappa shape index (κ3) is 3.88. The molecule has 1 aliphatic rings. The zero-order valence-electron chi connectivity index (χ0n) is 17.9. The van der Waals surface area contributed by atoms with E-state index in [0.29, 0.717) is 42.9 Å². The van der Waals surface area contributed by atoms with Crippen LogP contribution in [0.2, 0.25) is 0 Å². The number of rotatable bonds is 5. The van der Waals surface area contributed by atoms with E-state index in [1.165, 1.54) is 0 Å². The molecule has 7 nitrogen and oxygen atoms in total. The fourth-order valence-electron chi connectivity index (χ4n) is 4.40. The van der Waals surface area contributed by atoms with Gasteiger partial charge in [-0.05, 0) is 30.2 Å². The lowest BCUT2D eigenvalue weighted by atomic mass is 9.99. The molecule has 0 unspecified atom stereocenters. The van der Waals surface area contributed by atoms with Gasteiger partial charge in [-0.1, -0.05) is 13.0 Å². The summed E-state index contributed by atoms with van der Waals surface area (Å²) in [5, 5.41) is 20.5. The predicted octanol–water partition coefficient (Wildman–Crippen LogP) is 3.73. The first-order chi connectivity index (χ1) is 15.1. The number of aryl methyl sites for hydroxylation is 1. The van der Waals surface area contributed by atoms with Crippen LogP contribution in [0.15, 0.2) is 29.1 Å². The van der Waals surface area contributed by atoms with E-state index in [1.54, 1.807) is 13.0 Å². The van der Waals surface area contributed by atoms with Crippen LogP contribution in [0.3, 0.4) is 0 Å². The number of halogens is 2. The molecule has 3 N–H and O–H groups in total. The minimum absolute atomic E-state index is 0.135. The summed E-state index contributed by atoms with van der Waals surface area (Å²) >= 11 is 0. The van der Waals surface area contributed by atoms with E-state index >= 15 is 0 Å². The van der Waals surface area contributed by atoms with E-state index in [4.69, 9.17) is 0 Å². The topological polar surface area (TPSA) is 98.6 Å². The molecule has 0 spiro atoms. The predicted molar refractivity (Wildman–Crippen MR) is 116 cm³/mol. The van der Waals surface area contributed by atoms with Crippen LogP contribution >= 0.6 is 0 Å². The number of hydrogen-bond acceptors (Lipinski definition) is 4. The van der Waals surface area contributed by atoms with E-state index in [1.807, 2.05) is 34.7 Å². The number of piperidine rings is 1. The Balaban J connectivity index is 1.71. The van der Waals surface area contributed by atoms with Crippen molar-refractivity contribution < 1.29 is 23.8 Å². The molecule has 0 amide bonds. The smallest absolute Gasteiger partial charge is 0.345 e. The Morgan fingerprint density at radius 3 is 2.53 bits per heavy atom. The largest absolute Gasteiger partial charge is 0.506 e. The van der Waals surface area contributed by atoms with Gasteiger partial charge in [-0.15, -0.1) is 0 Å². The molecule has 2 aromatic heterocycles. The van der Waals surface area contributed by atoms with Gasteiger partial charge in [0.25, 0.3) is 11.5 Å². The fourth-order valence-corrected chi connectivity index (χ4v) is 4.40. The lowest BCUT2D eigenvalue weighted by Crippen LogP contribution is -2.39. The number of H-pyrrole nitrogens is 1. The number of nitrogens with one attached hydrogen (secondary N) is 1. The number of carbonyl (C=O) groups is 1. The quantitative estimate of drug-likeness (QED) is 0.556. The first-order valence-corrected chi connectivity index (χ1v) is 10.5. The molecule has 0 bridgehead atoms. The molecule has 3 aromatic rings. The van der Waals surface area contributed by atoms with Crippen LogP contribution in [-0.2, 0) is 20.0 Å². The molecule has 0 aliphatic carbocycles. The van der Waals surface area contributed by atoms with Crippen molar-refractivity contribution in [2.45, 2.75) is 38.7 Å². The molecule has 0 atom stereocenters. The van der Waals surface area contributed by atoms with Crippen LogP contribution in [0, 0.1) is 0 Å². The summed E-state index contributed by atoms with van der Waals surface area (Å²) in [4.78, 5) is 28.2. The van der Waals surface area contributed by atoms with E-state index < -0.39 is 28.8 Å². The highest BCUT2D eigenvalue weighted by atomic mass is 19.3. The van der Waals surface area contributed by atoms with Gasteiger partial charge >= 0.3 is 5.97 Å². The minimum Gasteiger partial charge on any atom is -0.506 e.